The van der Waals surface area contributed by atoms with Crippen LogP contribution in [-0.2, 0) is 14.3 Å². The van der Waals surface area contributed by atoms with Gasteiger partial charge in [-0.1, -0.05) is 45.8 Å². The molecule has 0 aromatic rings. The highest BCUT2D eigenvalue weighted by atomic mass is 16.5. The van der Waals surface area contributed by atoms with E-state index in [0.717, 1.165) is 43.9 Å². The fraction of sp³-hybridized carbons (Fsp3) is 0.846. The predicted molar refractivity (Wildman–Crippen MR) is 115 cm³/mol. The maximum Gasteiger partial charge on any atom is 0.302 e. The second-order valence-electron chi connectivity index (χ2n) is 11.0. The van der Waals surface area contributed by atoms with Crippen LogP contribution in [0.5, 0.6) is 0 Å². The van der Waals surface area contributed by atoms with Gasteiger partial charge in [-0.2, -0.15) is 0 Å². The van der Waals surface area contributed by atoms with Crippen molar-refractivity contribution in [2.24, 2.45) is 40.4 Å². The smallest absolute Gasteiger partial charge is 0.302 e. The molecule has 4 aliphatic carbocycles. The highest BCUT2D eigenvalue weighted by Gasteiger charge is 2.61. The summed E-state index contributed by atoms with van der Waals surface area (Å²) in [6.45, 7) is 10.8. The van der Waals surface area contributed by atoms with Crippen LogP contribution < -0.4 is 0 Å². The molecule has 0 spiro atoms. The molecule has 0 bridgehead atoms. The van der Waals surface area contributed by atoms with Gasteiger partial charge >= 0.3 is 5.97 Å². The third-order valence-electron chi connectivity index (χ3n) is 9.79. The van der Waals surface area contributed by atoms with E-state index in [2.05, 4.69) is 33.8 Å². The van der Waals surface area contributed by atoms with Gasteiger partial charge in [-0.25, -0.2) is 0 Å². The molecule has 29 heavy (non-hydrogen) atoms. The fourth-order valence-corrected chi connectivity index (χ4v) is 8.39. The van der Waals surface area contributed by atoms with Gasteiger partial charge in [0.2, 0.25) is 0 Å². The Morgan fingerprint density at radius 3 is 2.55 bits per heavy atom. The highest BCUT2D eigenvalue weighted by Crippen LogP contribution is 2.67. The molecule has 0 N–H and O–H groups in total. The Hall–Kier alpha value is -1.12. The van der Waals surface area contributed by atoms with Crippen molar-refractivity contribution >= 4 is 11.8 Å². The molecule has 0 saturated heterocycles. The molecular weight excluding hydrogens is 360 g/mol. The normalized spacial score (nSPS) is 46.2. The Balaban J connectivity index is 1.61. The van der Waals surface area contributed by atoms with Crippen LogP contribution >= 0.6 is 0 Å². The lowest BCUT2D eigenvalue weighted by atomic mass is 9.47. The summed E-state index contributed by atoms with van der Waals surface area (Å²) in [5.41, 5.74) is 2.01. The number of hydrogen-bond acceptors (Lipinski definition) is 3. The number of rotatable bonds is 4. The first-order valence-corrected chi connectivity index (χ1v) is 12.1. The van der Waals surface area contributed by atoms with Gasteiger partial charge in [0, 0.05) is 25.7 Å². The summed E-state index contributed by atoms with van der Waals surface area (Å²) < 4.78 is 5.57. The van der Waals surface area contributed by atoms with Crippen molar-refractivity contribution in [2.45, 2.75) is 98.5 Å². The molecule has 0 aromatic carbocycles. The zero-order valence-electron chi connectivity index (χ0n) is 19.1. The summed E-state index contributed by atoms with van der Waals surface area (Å²) in [7, 11) is 0. The molecule has 0 heterocycles. The molecule has 3 heteroatoms. The molecule has 0 aliphatic heterocycles. The largest absolute Gasteiger partial charge is 0.462 e. The zero-order chi connectivity index (χ0) is 21.0. The molecule has 4 aliphatic rings. The Labute approximate surface area is 177 Å². The summed E-state index contributed by atoms with van der Waals surface area (Å²) in [6, 6.07) is 0. The summed E-state index contributed by atoms with van der Waals surface area (Å²) >= 11 is 0. The van der Waals surface area contributed by atoms with Crippen molar-refractivity contribution in [1.82, 2.24) is 0 Å². The molecule has 8 atom stereocenters. The third kappa shape index (κ3) is 3.22. The lowest BCUT2D eigenvalue weighted by molar-refractivity contribution is -0.149. The van der Waals surface area contributed by atoms with E-state index in [1.807, 2.05) is 0 Å². The number of esters is 1. The average Bonchev–Trinajstić information content (AvgIpc) is 2.99. The Morgan fingerprint density at radius 1 is 1.14 bits per heavy atom. The van der Waals surface area contributed by atoms with E-state index in [4.69, 9.17) is 4.74 Å². The van der Waals surface area contributed by atoms with Gasteiger partial charge in [0.15, 0.2) is 0 Å². The molecule has 0 amide bonds. The fourth-order valence-electron chi connectivity index (χ4n) is 8.39. The van der Waals surface area contributed by atoms with Crippen molar-refractivity contribution < 1.29 is 14.3 Å². The van der Waals surface area contributed by atoms with Crippen LogP contribution in [-0.4, -0.2) is 17.9 Å². The number of hydrogen-bond donors (Lipinski definition) is 0. The molecule has 0 aromatic heterocycles. The number of allylic oxidation sites excluding steroid dienone is 1. The van der Waals surface area contributed by atoms with E-state index in [-0.39, 0.29) is 28.8 Å². The molecule has 0 radical (unpaired) electrons. The Morgan fingerprint density at radius 2 is 1.90 bits per heavy atom. The first kappa shape index (κ1) is 21.1. The van der Waals surface area contributed by atoms with E-state index in [0.29, 0.717) is 24.0 Å². The number of fused-ring (bicyclic) bond motifs is 5. The second kappa shape index (κ2) is 7.54. The maximum atomic E-state index is 13.0. The SMILES string of the molecule is CCC(=O)[C@@H]1[C@@H](CC)C[C@@H]2[C@@H]3CC=C4C[C@H](OC(C)=O)CC[C@@]4(C)[C@@H]3CC[C@]21C. The number of ether oxygens (including phenoxy) is 1. The highest BCUT2D eigenvalue weighted by molar-refractivity contribution is 5.82. The maximum absolute atomic E-state index is 13.0. The number of Topliss-reactive ketones (excluding diaryl/α,β-unsaturated/α-hetero) is 1. The molecule has 0 unspecified atom stereocenters. The summed E-state index contributed by atoms with van der Waals surface area (Å²) in [5.74, 6) is 3.36. The molecule has 3 saturated carbocycles. The lowest BCUT2D eigenvalue weighted by Gasteiger charge is -2.58. The van der Waals surface area contributed by atoms with E-state index in [9.17, 15) is 9.59 Å². The Kier molecular flexibility index (Phi) is 5.49. The topological polar surface area (TPSA) is 43.4 Å². The van der Waals surface area contributed by atoms with Gasteiger partial charge in [-0.3, -0.25) is 9.59 Å². The van der Waals surface area contributed by atoms with Crippen molar-refractivity contribution in [3.05, 3.63) is 11.6 Å². The van der Waals surface area contributed by atoms with E-state index in [1.165, 1.54) is 26.2 Å². The lowest BCUT2D eigenvalue weighted by Crippen LogP contribution is -2.51. The van der Waals surface area contributed by atoms with Gasteiger partial charge in [0.1, 0.15) is 11.9 Å². The quantitative estimate of drug-likeness (QED) is 0.422. The molecule has 4 rings (SSSR count). The van der Waals surface area contributed by atoms with Crippen molar-refractivity contribution in [2.75, 3.05) is 0 Å². The molecule has 162 valence electrons. The van der Waals surface area contributed by atoms with Crippen LogP contribution in [0.4, 0.5) is 0 Å². The van der Waals surface area contributed by atoms with Gasteiger partial charge in [0.25, 0.3) is 0 Å². The first-order valence-electron chi connectivity index (χ1n) is 12.1. The molecular formula is C26H40O3. The summed E-state index contributed by atoms with van der Waals surface area (Å²) in [5, 5.41) is 0. The van der Waals surface area contributed by atoms with Gasteiger partial charge in [-0.05, 0) is 73.0 Å². The van der Waals surface area contributed by atoms with E-state index in [1.54, 1.807) is 5.57 Å². The minimum Gasteiger partial charge on any atom is -0.462 e. The number of ketones is 1. The Bertz CT molecular complexity index is 709. The van der Waals surface area contributed by atoms with Crippen molar-refractivity contribution in [3.8, 4) is 0 Å². The molecule has 3 nitrogen and oxygen atoms in total. The summed E-state index contributed by atoms with van der Waals surface area (Å²) in [6.07, 6.45) is 12.3. The van der Waals surface area contributed by atoms with Crippen LogP contribution in [0, 0.1) is 40.4 Å². The first-order chi connectivity index (χ1) is 13.7. The minimum atomic E-state index is -0.149. The van der Waals surface area contributed by atoms with Gasteiger partial charge in [-0.15, -0.1) is 0 Å². The van der Waals surface area contributed by atoms with Crippen LogP contribution in [0.15, 0.2) is 11.6 Å². The standard InChI is InChI=1S/C26H40O3/c1-6-17-14-22-20-9-8-18-15-19(29-16(3)27)10-12-25(18,4)21(20)11-13-26(22,5)24(17)23(28)7-2/h8,17,19-22,24H,6-7,9-15H2,1-5H3/t17-,19+,20+,21+,22+,24-,25+,26+/m0/s1. The zero-order valence-corrected chi connectivity index (χ0v) is 19.1. The van der Waals surface area contributed by atoms with Crippen LogP contribution in [0.1, 0.15) is 92.4 Å². The van der Waals surface area contributed by atoms with Crippen LogP contribution in [0.2, 0.25) is 0 Å². The second-order valence-corrected chi connectivity index (χ2v) is 11.0. The predicted octanol–water partition coefficient (Wildman–Crippen LogP) is 6.11. The van der Waals surface area contributed by atoms with Gasteiger partial charge < -0.3 is 4.74 Å². The van der Waals surface area contributed by atoms with Crippen LogP contribution in [0.25, 0.3) is 0 Å². The monoisotopic (exact) mass is 400 g/mol. The molecule has 3 fully saturated rings. The average molecular weight is 401 g/mol. The van der Waals surface area contributed by atoms with Crippen molar-refractivity contribution in [3.63, 3.8) is 0 Å². The van der Waals surface area contributed by atoms with Crippen LogP contribution in [0.3, 0.4) is 0 Å². The van der Waals surface area contributed by atoms with Gasteiger partial charge in [0.05, 0.1) is 0 Å². The van der Waals surface area contributed by atoms with E-state index < -0.39 is 0 Å². The third-order valence-corrected chi connectivity index (χ3v) is 9.79. The summed E-state index contributed by atoms with van der Waals surface area (Å²) in [4.78, 5) is 24.4. The minimum absolute atomic E-state index is 0.0692. The van der Waals surface area contributed by atoms with E-state index >= 15 is 0 Å². The van der Waals surface area contributed by atoms with Crippen molar-refractivity contribution in [1.29, 1.82) is 0 Å². The number of carbonyl (C=O) groups excluding carboxylic acids is 2. The number of carbonyl (C=O) groups is 2.